The lowest BCUT2D eigenvalue weighted by molar-refractivity contribution is 0.800. The van der Waals surface area contributed by atoms with Crippen molar-refractivity contribution in [2.45, 2.75) is 13.8 Å². The van der Waals surface area contributed by atoms with Crippen molar-refractivity contribution in [3.05, 3.63) is 69.2 Å². The van der Waals surface area contributed by atoms with Gasteiger partial charge >= 0.3 is 0 Å². The third-order valence-corrected chi connectivity index (χ3v) is 4.40. The number of hydrogen-bond donors (Lipinski definition) is 1. The van der Waals surface area contributed by atoms with Gasteiger partial charge in [0.25, 0.3) is 5.56 Å². The highest BCUT2D eigenvalue weighted by atomic mass is 32.1. The largest absolute Gasteiger partial charge is 0.372 e. The average Bonchev–Trinajstić information content (AvgIpc) is 2.64. The summed E-state index contributed by atoms with van der Waals surface area (Å²) in [5.74, 6) is 0. The average molecular weight is 352 g/mol. The van der Waals surface area contributed by atoms with Gasteiger partial charge < -0.3 is 9.88 Å². The van der Waals surface area contributed by atoms with Gasteiger partial charge in [-0.05, 0) is 55.9 Å². The Labute approximate surface area is 151 Å². The second kappa shape index (κ2) is 7.44. The van der Waals surface area contributed by atoms with E-state index in [0.29, 0.717) is 10.9 Å². The number of H-pyrrole nitrogens is 1. The Kier molecular flexibility index (Phi) is 5.09. The third kappa shape index (κ3) is 3.53. The molecule has 25 heavy (non-hydrogen) atoms. The van der Waals surface area contributed by atoms with Crippen molar-refractivity contribution in [3.63, 3.8) is 0 Å². The van der Waals surface area contributed by atoms with Crippen LogP contribution >= 0.6 is 12.2 Å². The minimum atomic E-state index is -0.227. The summed E-state index contributed by atoms with van der Waals surface area (Å²) in [7, 11) is 0. The molecule has 0 aliphatic rings. The molecule has 3 aromatic rings. The monoisotopic (exact) mass is 352 g/mol. The zero-order chi connectivity index (χ0) is 17.8. The van der Waals surface area contributed by atoms with Crippen molar-refractivity contribution in [2.75, 3.05) is 18.0 Å². The van der Waals surface area contributed by atoms with Crippen LogP contribution in [-0.4, -0.2) is 29.0 Å². The number of hydrogen-bond acceptors (Lipinski definition) is 4. The SMILES string of the molecule is CCN(CC)c1ccc(/C=N/n2c(=S)[nH]c3ccccc3c2=O)cc1. The normalized spacial score (nSPS) is 11.3. The maximum absolute atomic E-state index is 12.5. The van der Waals surface area contributed by atoms with Crippen LogP contribution in [0.15, 0.2) is 58.4 Å². The first-order chi connectivity index (χ1) is 12.1. The summed E-state index contributed by atoms with van der Waals surface area (Å²) in [6, 6.07) is 15.3. The standard InChI is InChI=1S/C19H20N4OS/c1-3-22(4-2)15-11-9-14(10-12-15)13-20-23-18(24)16-7-5-6-8-17(16)21-19(23)25/h5-13H,3-4H2,1-2H3,(H,21,25)/b20-13+. The third-order valence-electron chi connectivity index (χ3n) is 4.13. The van der Waals surface area contributed by atoms with Gasteiger partial charge in [-0.3, -0.25) is 4.79 Å². The predicted molar refractivity (Wildman–Crippen MR) is 106 cm³/mol. The minimum Gasteiger partial charge on any atom is -0.372 e. The fourth-order valence-corrected chi connectivity index (χ4v) is 2.98. The molecular weight excluding hydrogens is 332 g/mol. The lowest BCUT2D eigenvalue weighted by atomic mass is 10.2. The summed E-state index contributed by atoms with van der Waals surface area (Å²) >= 11 is 5.26. The molecule has 3 rings (SSSR count). The Bertz CT molecular complexity index is 1010. The van der Waals surface area contributed by atoms with Crippen molar-refractivity contribution < 1.29 is 0 Å². The van der Waals surface area contributed by atoms with Gasteiger partial charge in [0.2, 0.25) is 4.77 Å². The Morgan fingerprint density at radius 1 is 1.12 bits per heavy atom. The summed E-state index contributed by atoms with van der Waals surface area (Å²) in [6.07, 6.45) is 1.64. The van der Waals surface area contributed by atoms with Crippen LogP contribution in [0, 0.1) is 4.77 Å². The van der Waals surface area contributed by atoms with Crippen LogP contribution in [0.25, 0.3) is 10.9 Å². The van der Waals surface area contributed by atoms with Crippen LogP contribution in [-0.2, 0) is 0 Å². The fraction of sp³-hybridized carbons (Fsp3) is 0.211. The number of aromatic amines is 1. The molecule has 0 unspecified atom stereocenters. The van der Waals surface area contributed by atoms with Gasteiger partial charge in [0.15, 0.2) is 0 Å². The number of fused-ring (bicyclic) bond motifs is 1. The molecule has 6 heteroatoms. The van der Waals surface area contributed by atoms with E-state index in [0.717, 1.165) is 18.7 Å². The number of nitrogens with zero attached hydrogens (tertiary/aromatic N) is 3. The molecule has 0 aliphatic heterocycles. The van der Waals surface area contributed by atoms with E-state index < -0.39 is 0 Å². The number of benzene rings is 2. The Morgan fingerprint density at radius 2 is 1.80 bits per heavy atom. The zero-order valence-electron chi connectivity index (χ0n) is 14.3. The lowest BCUT2D eigenvalue weighted by Crippen LogP contribution is -2.21. The molecule has 0 atom stereocenters. The van der Waals surface area contributed by atoms with E-state index in [4.69, 9.17) is 12.2 Å². The van der Waals surface area contributed by atoms with Crippen molar-refractivity contribution in [1.82, 2.24) is 9.66 Å². The first-order valence-electron chi connectivity index (χ1n) is 8.27. The van der Waals surface area contributed by atoms with E-state index in [-0.39, 0.29) is 10.3 Å². The molecule has 5 nitrogen and oxygen atoms in total. The molecule has 0 saturated heterocycles. The van der Waals surface area contributed by atoms with E-state index in [1.165, 1.54) is 10.4 Å². The van der Waals surface area contributed by atoms with Crippen molar-refractivity contribution in [1.29, 1.82) is 0 Å². The topological polar surface area (TPSA) is 53.4 Å². The zero-order valence-corrected chi connectivity index (χ0v) is 15.1. The minimum absolute atomic E-state index is 0.227. The van der Waals surface area contributed by atoms with Gasteiger partial charge in [0.05, 0.1) is 17.1 Å². The summed E-state index contributed by atoms with van der Waals surface area (Å²) in [5, 5.41) is 4.83. The molecule has 0 radical (unpaired) electrons. The lowest BCUT2D eigenvalue weighted by Gasteiger charge is -2.20. The van der Waals surface area contributed by atoms with E-state index in [1.54, 1.807) is 12.3 Å². The summed E-state index contributed by atoms with van der Waals surface area (Å²) in [4.78, 5) is 17.8. The van der Waals surface area contributed by atoms with Crippen LogP contribution in [0.1, 0.15) is 19.4 Å². The van der Waals surface area contributed by atoms with Crippen LogP contribution in [0.4, 0.5) is 5.69 Å². The Balaban J connectivity index is 1.93. The first kappa shape index (κ1) is 17.1. The number of aromatic nitrogens is 2. The first-order valence-corrected chi connectivity index (χ1v) is 8.68. The molecule has 2 aromatic carbocycles. The second-order valence-corrected chi connectivity index (χ2v) is 5.99. The Morgan fingerprint density at radius 3 is 2.48 bits per heavy atom. The molecule has 0 saturated carbocycles. The molecular formula is C19H20N4OS. The van der Waals surface area contributed by atoms with E-state index >= 15 is 0 Å². The van der Waals surface area contributed by atoms with Crippen LogP contribution in [0.2, 0.25) is 0 Å². The van der Waals surface area contributed by atoms with Crippen molar-refractivity contribution in [2.24, 2.45) is 5.10 Å². The van der Waals surface area contributed by atoms with Gasteiger partial charge in [0.1, 0.15) is 0 Å². The van der Waals surface area contributed by atoms with Crippen molar-refractivity contribution >= 4 is 35.0 Å². The van der Waals surface area contributed by atoms with Gasteiger partial charge in [-0.1, -0.05) is 24.3 Å². The predicted octanol–water partition coefficient (Wildman–Crippen LogP) is 3.79. The highest BCUT2D eigenvalue weighted by Gasteiger charge is 2.04. The van der Waals surface area contributed by atoms with Gasteiger partial charge in [-0.25, -0.2) is 0 Å². The van der Waals surface area contributed by atoms with E-state index in [1.807, 2.05) is 30.3 Å². The summed E-state index contributed by atoms with van der Waals surface area (Å²) < 4.78 is 1.50. The molecule has 0 fully saturated rings. The van der Waals surface area contributed by atoms with Crippen molar-refractivity contribution in [3.8, 4) is 0 Å². The quantitative estimate of drug-likeness (QED) is 0.561. The number of rotatable bonds is 5. The summed E-state index contributed by atoms with van der Waals surface area (Å²) in [5.41, 5.74) is 2.57. The molecule has 1 aromatic heterocycles. The molecule has 0 amide bonds. The maximum atomic E-state index is 12.5. The Hall–Kier alpha value is -2.73. The fourth-order valence-electron chi connectivity index (χ4n) is 2.74. The molecule has 0 bridgehead atoms. The van der Waals surface area contributed by atoms with Gasteiger partial charge in [0, 0.05) is 18.8 Å². The second-order valence-electron chi connectivity index (χ2n) is 5.60. The summed E-state index contributed by atoms with van der Waals surface area (Å²) in [6.45, 7) is 6.19. The van der Waals surface area contributed by atoms with Crippen LogP contribution in [0.5, 0.6) is 0 Å². The number of nitrogens with one attached hydrogen (secondary N) is 1. The van der Waals surface area contributed by atoms with Gasteiger partial charge in [-0.15, -0.1) is 0 Å². The number of anilines is 1. The highest BCUT2D eigenvalue weighted by molar-refractivity contribution is 7.71. The maximum Gasteiger partial charge on any atom is 0.282 e. The molecule has 1 heterocycles. The van der Waals surface area contributed by atoms with Gasteiger partial charge in [-0.2, -0.15) is 9.78 Å². The van der Waals surface area contributed by atoms with E-state index in [9.17, 15) is 4.79 Å². The smallest absolute Gasteiger partial charge is 0.282 e. The van der Waals surface area contributed by atoms with E-state index in [2.05, 4.69) is 41.0 Å². The van der Waals surface area contributed by atoms with Crippen LogP contribution in [0.3, 0.4) is 0 Å². The van der Waals surface area contributed by atoms with Crippen LogP contribution < -0.4 is 10.5 Å². The number of para-hydroxylation sites is 1. The highest BCUT2D eigenvalue weighted by Crippen LogP contribution is 2.14. The molecule has 0 aliphatic carbocycles. The molecule has 128 valence electrons. The molecule has 0 spiro atoms. The molecule has 1 N–H and O–H groups in total.